The van der Waals surface area contributed by atoms with Crippen molar-refractivity contribution in [2.24, 2.45) is 5.92 Å². The van der Waals surface area contributed by atoms with Gasteiger partial charge in [0.25, 0.3) is 0 Å². The van der Waals surface area contributed by atoms with Gasteiger partial charge in [-0.2, -0.15) is 0 Å². The summed E-state index contributed by atoms with van der Waals surface area (Å²) < 4.78 is 0. The van der Waals surface area contributed by atoms with Crippen molar-refractivity contribution in [3.63, 3.8) is 0 Å². The van der Waals surface area contributed by atoms with E-state index in [0.29, 0.717) is 6.54 Å². The first-order valence-corrected chi connectivity index (χ1v) is 6.63. The number of benzene rings is 1. The summed E-state index contributed by atoms with van der Waals surface area (Å²) in [7, 11) is 0. The van der Waals surface area contributed by atoms with Gasteiger partial charge in [-0.1, -0.05) is 17.7 Å². The van der Waals surface area contributed by atoms with Crippen LogP contribution in [-0.4, -0.2) is 19.0 Å². The van der Waals surface area contributed by atoms with Gasteiger partial charge in [0.05, 0.1) is 5.92 Å². The minimum absolute atomic E-state index is 0.149. The van der Waals surface area contributed by atoms with Gasteiger partial charge in [-0.15, -0.1) is 0 Å². The average Bonchev–Trinajstić information content (AvgIpc) is 2.80. The Morgan fingerprint density at radius 2 is 2.00 bits per heavy atom. The van der Waals surface area contributed by atoms with Gasteiger partial charge in [-0.3, -0.25) is 4.79 Å². The van der Waals surface area contributed by atoms with Crippen molar-refractivity contribution >= 4 is 5.91 Å². The van der Waals surface area contributed by atoms with Gasteiger partial charge >= 0.3 is 0 Å². The number of carbonyl (C=O) groups is 1. The predicted molar refractivity (Wildman–Crippen MR) is 73.5 cm³/mol. The molecule has 0 aliphatic carbocycles. The Bertz CT molecular complexity index is 425. The summed E-state index contributed by atoms with van der Waals surface area (Å²) in [4.78, 5) is 12.0. The molecule has 0 saturated carbocycles. The van der Waals surface area contributed by atoms with Crippen LogP contribution >= 0.6 is 0 Å². The van der Waals surface area contributed by atoms with Crippen LogP contribution in [0.3, 0.4) is 0 Å². The second-order valence-electron chi connectivity index (χ2n) is 5.28. The monoisotopic (exact) mass is 246 g/mol. The second kappa shape index (κ2) is 5.53. The first-order valence-electron chi connectivity index (χ1n) is 6.63. The molecule has 1 atom stereocenters. The second-order valence-corrected chi connectivity index (χ2v) is 5.28. The zero-order chi connectivity index (χ0) is 13.1. The molecule has 1 aliphatic rings. The molecule has 1 amide bonds. The predicted octanol–water partition coefficient (Wildman–Crippen LogP) is 1.84. The molecule has 3 heteroatoms. The van der Waals surface area contributed by atoms with Crippen LogP contribution in [0.15, 0.2) is 12.1 Å². The summed E-state index contributed by atoms with van der Waals surface area (Å²) in [5.74, 6) is 0.329. The molecule has 98 valence electrons. The Morgan fingerprint density at radius 1 is 1.33 bits per heavy atom. The first-order chi connectivity index (χ1) is 8.58. The summed E-state index contributed by atoms with van der Waals surface area (Å²) >= 11 is 0. The molecule has 0 bridgehead atoms. The van der Waals surface area contributed by atoms with Crippen molar-refractivity contribution in [1.29, 1.82) is 0 Å². The van der Waals surface area contributed by atoms with Crippen LogP contribution < -0.4 is 10.6 Å². The zero-order valence-electron chi connectivity index (χ0n) is 11.5. The minimum atomic E-state index is 0.149. The lowest BCUT2D eigenvalue weighted by Crippen LogP contribution is -2.31. The lowest BCUT2D eigenvalue weighted by molar-refractivity contribution is -0.124. The molecule has 1 aromatic carbocycles. The Labute approximate surface area is 109 Å². The van der Waals surface area contributed by atoms with Gasteiger partial charge in [0.15, 0.2) is 0 Å². The third-order valence-electron chi connectivity index (χ3n) is 3.71. The topological polar surface area (TPSA) is 41.1 Å². The first kappa shape index (κ1) is 13.1. The molecule has 1 heterocycles. The van der Waals surface area contributed by atoms with E-state index in [1.807, 2.05) is 0 Å². The maximum absolute atomic E-state index is 12.0. The van der Waals surface area contributed by atoms with E-state index in [1.54, 1.807) is 0 Å². The van der Waals surface area contributed by atoms with Gasteiger partial charge in [-0.25, -0.2) is 0 Å². The van der Waals surface area contributed by atoms with E-state index in [1.165, 1.54) is 22.3 Å². The highest BCUT2D eigenvalue weighted by molar-refractivity contribution is 5.79. The average molecular weight is 246 g/mol. The molecule has 3 nitrogen and oxygen atoms in total. The number of carbonyl (C=O) groups excluding carboxylic acids is 1. The van der Waals surface area contributed by atoms with Gasteiger partial charge in [0.1, 0.15) is 0 Å². The molecule has 0 radical (unpaired) electrons. The van der Waals surface area contributed by atoms with Crippen LogP contribution in [0.25, 0.3) is 0 Å². The summed E-state index contributed by atoms with van der Waals surface area (Å²) in [6, 6.07) is 4.34. The van der Waals surface area contributed by atoms with E-state index in [4.69, 9.17) is 0 Å². The van der Waals surface area contributed by atoms with Crippen molar-refractivity contribution in [1.82, 2.24) is 10.6 Å². The molecule has 1 aromatic rings. The molecule has 18 heavy (non-hydrogen) atoms. The number of hydrogen-bond donors (Lipinski definition) is 2. The number of hydrogen-bond acceptors (Lipinski definition) is 2. The molecule has 1 unspecified atom stereocenters. The molecule has 1 fully saturated rings. The lowest BCUT2D eigenvalue weighted by atomic mass is 9.99. The minimum Gasteiger partial charge on any atom is -0.352 e. The Hall–Kier alpha value is -1.35. The molecule has 0 aromatic heterocycles. The van der Waals surface area contributed by atoms with Crippen molar-refractivity contribution in [3.8, 4) is 0 Å². The molecule has 1 saturated heterocycles. The van der Waals surface area contributed by atoms with Gasteiger partial charge in [0.2, 0.25) is 5.91 Å². The maximum atomic E-state index is 12.0. The van der Waals surface area contributed by atoms with Crippen LogP contribution in [0.4, 0.5) is 0 Å². The molecule has 2 rings (SSSR count). The van der Waals surface area contributed by atoms with E-state index < -0.39 is 0 Å². The van der Waals surface area contributed by atoms with Gasteiger partial charge in [-0.05, 0) is 50.4 Å². The summed E-state index contributed by atoms with van der Waals surface area (Å²) in [5, 5.41) is 6.28. The number of amides is 1. The third kappa shape index (κ3) is 2.91. The van der Waals surface area contributed by atoms with E-state index in [2.05, 4.69) is 43.5 Å². The van der Waals surface area contributed by atoms with Crippen molar-refractivity contribution < 1.29 is 4.79 Å². The quantitative estimate of drug-likeness (QED) is 0.854. The van der Waals surface area contributed by atoms with Crippen LogP contribution in [0.2, 0.25) is 0 Å². The lowest BCUT2D eigenvalue weighted by Gasteiger charge is -2.14. The maximum Gasteiger partial charge on any atom is 0.224 e. The van der Waals surface area contributed by atoms with Crippen molar-refractivity contribution in [2.45, 2.75) is 33.7 Å². The largest absolute Gasteiger partial charge is 0.352 e. The summed E-state index contributed by atoms with van der Waals surface area (Å²) in [6.45, 7) is 8.75. The molecule has 0 spiro atoms. The molecule has 1 aliphatic heterocycles. The highest BCUT2D eigenvalue weighted by atomic mass is 16.1. The Kier molecular flexibility index (Phi) is 4.02. The number of nitrogens with one attached hydrogen (secondary N) is 2. The van der Waals surface area contributed by atoms with Crippen molar-refractivity contribution in [2.75, 3.05) is 13.1 Å². The Morgan fingerprint density at radius 3 is 2.56 bits per heavy atom. The van der Waals surface area contributed by atoms with E-state index in [0.717, 1.165) is 19.5 Å². The van der Waals surface area contributed by atoms with Crippen LogP contribution in [-0.2, 0) is 11.3 Å². The highest BCUT2D eigenvalue weighted by Gasteiger charge is 2.22. The van der Waals surface area contributed by atoms with Gasteiger partial charge < -0.3 is 10.6 Å². The van der Waals surface area contributed by atoms with Crippen LogP contribution in [0.1, 0.15) is 28.7 Å². The zero-order valence-corrected chi connectivity index (χ0v) is 11.5. The molecule has 2 N–H and O–H groups in total. The normalized spacial score (nSPS) is 18.9. The van der Waals surface area contributed by atoms with E-state index in [-0.39, 0.29) is 11.8 Å². The fraction of sp³-hybridized carbons (Fsp3) is 0.533. The number of aryl methyl sites for hydroxylation is 3. The van der Waals surface area contributed by atoms with Gasteiger partial charge in [0, 0.05) is 13.1 Å². The summed E-state index contributed by atoms with van der Waals surface area (Å²) in [6.07, 6.45) is 0.956. The Balaban J connectivity index is 1.99. The highest BCUT2D eigenvalue weighted by Crippen LogP contribution is 2.16. The standard InChI is InChI=1S/C15H22N2O/c1-10-6-11(2)14(12(3)7-10)9-17-15(18)13-4-5-16-8-13/h6-7,13,16H,4-5,8-9H2,1-3H3,(H,17,18). The fourth-order valence-corrected chi connectivity index (χ4v) is 2.69. The smallest absolute Gasteiger partial charge is 0.224 e. The SMILES string of the molecule is Cc1cc(C)c(CNC(=O)C2CCNC2)c(C)c1. The van der Waals surface area contributed by atoms with E-state index >= 15 is 0 Å². The van der Waals surface area contributed by atoms with Crippen LogP contribution in [0, 0.1) is 26.7 Å². The number of rotatable bonds is 3. The van der Waals surface area contributed by atoms with Crippen LogP contribution in [0.5, 0.6) is 0 Å². The summed E-state index contributed by atoms with van der Waals surface area (Å²) in [5.41, 5.74) is 5.05. The fourth-order valence-electron chi connectivity index (χ4n) is 2.69. The molecular formula is C15H22N2O. The van der Waals surface area contributed by atoms with E-state index in [9.17, 15) is 4.79 Å². The third-order valence-corrected chi connectivity index (χ3v) is 3.71. The van der Waals surface area contributed by atoms with Crippen molar-refractivity contribution in [3.05, 3.63) is 34.4 Å². The molecular weight excluding hydrogens is 224 g/mol.